The van der Waals surface area contributed by atoms with Gasteiger partial charge in [0.05, 0.1) is 0 Å². The third-order valence-corrected chi connectivity index (χ3v) is 3.90. The van der Waals surface area contributed by atoms with Gasteiger partial charge in [0, 0.05) is 23.2 Å². The molecular weight excluding hydrogens is 222 g/mol. The lowest BCUT2D eigenvalue weighted by Crippen LogP contribution is -2.33. The maximum absolute atomic E-state index is 12.2. The molecule has 1 aliphatic carbocycles. The zero-order valence-electron chi connectivity index (χ0n) is 9.08. The van der Waals surface area contributed by atoms with Crippen molar-refractivity contribution in [2.75, 3.05) is 0 Å². The summed E-state index contributed by atoms with van der Waals surface area (Å²) in [6, 6.07) is 6.10. The summed E-state index contributed by atoms with van der Waals surface area (Å²) in [6.45, 7) is 0.774. The molecule has 1 aromatic rings. The van der Waals surface area contributed by atoms with E-state index in [0.29, 0.717) is 11.1 Å². The number of halogens is 1. The van der Waals surface area contributed by atoms with Crippen LogP contribution in [0.3, 0.4) is 0 Å². The van der Waals surface area contributed by atoms with Gasteiger partial charge in [-0.05, 0) is 30.5 Å². The highest BCUT2D eigenvalue weighted by Crippen LogP contribution is 2.32. The topological polar surface area (TPSA) is 20.3 Å². The summed E-state index contributed by atoms with van der Waals surface area (Å²) in [6.07, 6.45) is 4.83. The fraction of sp³-hybridized carbons (Fsp3) is 0.462. The van der Waals surface area contributed by atoms with E-state index in [0.717, 1.165) is 30.5 Å². The van der Waals surface area contributed by atoms with E-state index in [4.69, 9.17) is 11.6 Å². The number of carbonyl (C=O) groups is 1. The number of benzene rings is 1. The minimum atomic E-state index is 0.171. The van der Waals surface area contributed by atoms with Crippen molar-refractivity contribution in [3.63, 3.8) is 0 Å². The Balaban J connectivity index is 1.91. The summed E-state index contributed by atoms with van der Waals surface area (Å²) < 4.78 is 0. The number of hydrogen-bond acceptors (Lipinski definition) is 1. The Kier molecular flexibility index (Phi) is 2.40. The lowest BCUT2D eigenvalue weighted by molar-refractivity contribution is 0.0707. The minimum absolute atomic E-state index is 0.171. The summed E-state index contributed by atoms with van der Waals surface area (Å²) >= 11 is 5.93. The van der Waals surface area contributed by atoms with Crippen molar-refractivity contribution in [1.29, 1.82) is 0 Å². The Labute approximate surface area is 100 Å². The van der Waals surface area contributed by atoms with Crippen LogP contribution in [0.15, 0.2) is 18.2 Å². The lowest BCUT2D eigenvalue weighted by Gasteiger charge is -2.23. The van der Waals surface area contributed by atoms with E-state index in [1.165, 1.54) is 12.8 Å². The molecule has 0 spiro atoms. The first-order valence-electron chi connectivity index (χ1n) is 5.85. The number of hydrogen-bond donors (Lipinski definition) is 0. The Bertz CT molecular complexity index is 438. The molecule has 1 fully saturated rings. The molecule has 0 aromatic heterocycles. The molecule has 3 rings (SSSR count). The Morgan fingerprint density at radius 3 is 2.75 bits per heavy atom. The minimum Gasteiger partial charge on any atom is -0.331 e. The van der Waals surface area contributed by atoms with Gasteiger partial charge in [-0.2, -0.15) is 0 Å². The third kappa shape index (κ3) is 1.52. The van der Waals surface area contributed by atoms with Crippen molar-refractivity contribution < 1.29 is 4.79 Å². The molecule has 0 saturated heterocycles. The van der Waals surface area contributed by atoms with Crippen LogP contribution in [0, 0.1) is 0 Å². The molecule has 0 radical (unpaired) electrons. The Hall–Kier alpha value is -1.02. The highest BCUT2D eigenvalue weighted by Gasteiger charge is 2.33. The van der Waals surface area contributed by atoms with Crippen LogP contribution in [0.2, 0.25) is 5.02 Å². The number of rotatable bonds is 1. The van der Waals surface area contributed by atoms with Crippen LogP contribution in [-0.4, -0.2) is 16.8 Å². The van der Waals surface area contributed by atoms with Gasteiger partial charge < -0.3 is 4.90 Å². The molecule has 0 atom stereocenters. The maximum atomic E-state index is 12.2. The standard InChI is InChI=1S/C13H14ClNO/c14-10-6-5-9-8-15(11-3-1-2-4-11)13(16)12(9)7-10/h5-7,11H,1-4,8H2. The van der Waals surface area contributed by atoms with Crippen LogP contribution >= 0.6 is 11.6 Å². The molecule has 2 aliphatic rings. The van der Waals surface area contributed by atoms with Gasteiger partial charge in [-0.1, -0.05) is 30.5 Å². The van der Waals surface area contributed by atoms with E-state index in [1.807, 2.05) is 17.0 Å². The van der Waals surface area contributed by atoms with Crippen LogP contribution in [-0.2, 0) is 6.54 Å². The second kappa shape index (κ2) is 3.77. The average Bonchev–Trinajstić information content (AvgIpc) is 2.87. The van der Waals surface area contributed by atoms with Gasteiger partial charge in [0.25, 0.3) is 5.91 Å². The van der Waals surface area contributed by atoms with Crippen LogP contribution in [0.1, 0.15) is 41.6 Å². The molecule has 1 heterocycles. The Morgan fingerprint density at radius 1 is 1.25 bits per heavy atom. The molecule has 0 unspecified atom stereocenters. The van der Waals surface area contributed by atoms with Gasteiger partial charge in [0.15, 0.2) is 0 Å². The normalized spacial score (nSPS) is 20.6. The summed E-state index contributed by atoms with van der Waals surface area (Å²) in [5.74, 6) is 0.171. The number of amides is 1. The van der Waals surface area contributed by atoms with E-state index in [1.54, 1.807) is 6.07 Å². The molecule has 1 aromatic carbocycles. The van der Waals surface area contributed by atoms with Gasteiger partial charge in [-0.3, -0.25) is 4.79 Å². The first-order chi connectivity index (χ1) is 7.75. The van der Waals surface area contributed by atoms with Crippen LogP contribution < -0.4 is 0 Å². The molecular formula is C13H14ClNO. The predicted molar refractivity (Wildman–Crippen MR) is 63.6 cm³/mol. The molecule has 1 saturated carbocycles. The largest absolute Gasteiger partial charge is 0.331 e. The molecule has 16 heavy (non-hydrogen) atoms. The number of nitrogens with zero attached hydrogens (tertiary/aromatic N) is 1. The van der Waals surface area contributed by atoms with Gasteiger partial charge in [0.2, 0.25) is 0 Å². The number of fused-ring (bicyclic) bond motifs is 1. The summed E-state index contributed by atoms with van der Waals surface area (Å²) in [4.78, 5) is 14.2. The van der Waals surface area contributed by atoms with Crippen LogP contribution in [0.4, 0.5) is 0 Å². The molecule has 2 nitrogen and oxygen atoms in total. The molecule has 3 heteroatoms. The molecule has 1 aliphatic heterocycles. The van der Waals surface area contributed by atoms with Crippen molar-refractivity contribution in [3.8, 4) is 0 Å². The number of carbonyl (C=O) groups excluding carboxylic acids is 1. The van der Waals surface area contributed by atoms with Crippen molar-refractivity contribution in [2.24, 2.45) is 0 Å². The maximum Gasteiger partial charge on any atom is 0.254 e. The van der Waals surface area contributed by atoms with Crippen molar-refractivity contribution in [3.05, 3.63) is 34.3 Å². The SMILES string of the molecule is O=C1c2cc(Cl)ccc2CN1C1CCCC1. The first kappa shape index (κ1) is 10.2. The van der Waals surface area contributed by atoms with Crippen molar-refractivity contribution in [1.82, 2.24) is 4.90 Å². The zero-order valence-corrected chi connectivity index (χ0v) is 9.83. The first-order valence-corrected chi connectivity index (χ1v) is 6.23. The fourth-order valence-corrected chi connectivity index (χ4v) is 2.98. The molecule has 0 bridgehead atoms. The summed E-state index contributed by atoms with van der Waals surface area (Å²) in [7, 11) is 0. The molecule has 0 N–H and O–H groups in total. The van der Waals surface area contributed by atoms with Crippen molar-refractivity contribution >= 4 is 17.5 Å². The average molecular weight is 236 g/mol. The quantitative estimate of drug-likeness (QED) is 0.732. The summed E-state index contributed by atoms with van der Waals surface area (Å²) in [5, 5.41) is 0.653. The van der Waals surface area contributed by atoms with E-state index < -0.39 is 0 Å². The molecule has 84 valence electrons. The van der Waals surface area contributed by atoms with E-state index in [9.17, 15) is 4.79 Å². The second-order valence-electron chi connectivity index (χ2n) is 4.67. The van der Waals surface area contributed by atoms with Gasteiger partial charge in [-0.25, -0.2) is 0 Å². The van der Waals surface area contributed by atoms with E-state index >= 15 is 0 Å². The highest BCUT2D eigenvalue weighted by atomic mass is 35.5. The fourth-order valence-electron chi connectivity index (χ4n) is 2.81. The van der Waals surface area contributed by atoms with Crippen LogP contribution in [0.25, 0.3) is 0 Å². The third-order valence-electron chi connectivity index (χ3n) is 3.67. The van der Waals surface area contributed by atoms with E-state index in [2.05, 4.69) is 0 Å². The van der Waals surface area contributed by atoms with Crippen molar-refractivity contribution in [2.45, 2.75) is 38.3 Å². The van der Waals surface area contributed by atoms with Gasteiger partial charge >= 0.3 is 0 Å². The smallest absolute Gasteiger partial charge is 0.254 e. The second-order valence-corrected chi connectivity index (χ2v) is 5.11. The molecule has 1 amide bonds. The zero-order chi connectivity index (χ0) is 11.1. The highest BCUT2D eigenvalue weighted by molar-refractivity contribution is 6.31. The Morgan fingerprint density at radius 2 is 2.00 bits per heavy atom. The van der Waals surface area contributed by atoms with Gasteiger partial charge in [0.1, 0.15) is 0 Å². The predicted octanol–water partition coefficient (Wildman–Crippen LogP) is 3.24. The summed E-state index contributed by atoms with van der Waals surface area (Å²) in [5.41, 5.74) is 1.93. The van der Waals surface area contributed by atoms with Gasteiger partial charge in [-0.15, -0.1) is 0 Å². The lowest BCUT2D eigenvalue weighted by atomic mass is 10.1. The van der Waals surface area contributed by atoms with E-state index in [-0.39, 0.29) is 5.91 Å². The monoisotopic (exact) mass is 235 g/mol. The van der Waals surface area contributed by atoms with Crippen LogP contribution in [0.5, 0.6) is 0 Å².